The number of carbonyl (C=O) groups is 1. The highest BCUT2D eigenvalue weighted by Crippen LogP contribution is 2.30. The lowest BCUT2D eigenvalue weighted by atomic mass is 9.95. The first-order valence-electron chi connectivity index (χ1n) is 10.3. The molecule has 1 fully saturated rings. The van der Waals surface area contributed by atoms with Gasteiger partial charge in [0.2, 0.25) is 0 Å². The maximum atomic E-state index is 13.8. The summed E-state index contributed by atoms with van der Waals surface area (Å²) in [7, 11) is 0. The number of nitrogens with zero attached hydrogens (tertiary/aromatic N) is 3. The summed E-state index contributed by atoms with van der Waals surface area (Å²) in [5, 5.41) is 0.570. The Kier molecular flexibility index (Phi) is 4.50. The van der Waals surface area contributed by atoms with Gasteiger partial charge >= 0.3 is 0 Å². The van der Waals surface area contributed by atoms with Crippen LogP contribution in [0, 0.1) is 19.7 Å². The Morgan fingerprint density at radius 2 is 1.80 bits per heavy atom. The summed E-state index contributed by atoms with van der Waals surface area (Å²) in [5.74, 6) is 0.876. The van der Waals surface area contributed by atoms with Crippen LogP contribution in [0.25, 0.3) is 21.9 Å². The van der Waals surface area contributed by atoms with Crippen LogP contribution >= 0.6 is 0 Å². The minimum atomic E-state index is -0.360. The number of imidazole rings is 1. The number of halogens is 1. The van der Waals surface area contributed by atoms with Crippen LogP contribution in [0.2, 0.25) is 0 Å². The summed E-state index contributed by atoms with van der Waals surface area (Å²) < 4.78 is 13.8. The number of benzene rings is 2. The molecule has 2 aromatic carbocycles. The second-order valence-corrected chi connectivity index (χ2v) is 8.18. The van der Waals surface area contributed by atoms with Gasteiger partial charge in [-0.1, -0.05) is 6.07 Å². The lowest BCUT2D eigenvalue weighted by molar-refractivity contribution is 0.0713. The summed E-state index contributed by atoms with van der Waals surface area (Å²) >= 11 is 0. The highest BCUT2D eigenvalue weighted by Gasteiger charge is 2.27. The number of H-pyrrole nitrogens is 1. The first-order valence-corrected chi connectivity index (χ1v) is 10.3. The summed E-state index contributed by atoms with van der Waals surface area (Å²) in [5.41, 5.74) is 5.17. The van der Waals surface area contributed by atoms with E-state index in [4.69, 9.17) is 4.98 Å². The van der Waals surface area contributed by atoms with Crippen molar-refractivity contribution in [3.8, 4) is 0 Å². The van der Waals surface area contributed by atoms with E-state index in [9.17, 15) is 9.18 Å². The van der Waals surface area contributed by atoms with Gasteiger partial charge in [0.05, 0.1) is 22.1 Å². The fourth-order valence-corrected chi connectivity index (χ4v) is 4.37. The van der Waals surface area contributed by atoms with Crippen molar-refractivity contribution in [1.82, 2.24) is 19.9 Å². The van der Waals surface area contributed by atoms with E-state index in [0.717, 1.165) is 35.4 Å². The van der Waals surface area contributed by atoms with E-state index >= 15 is 0 Å². The second-order valence-electron chi connectivity index (χ2n) is 8.18. The Morgan fingerprint density at radius 3 is 2.60 bits per heavy atom. The molecule has 0 bridgehead atoms. The first-order chi connectivity index (χ1) is 14.5. The fraction of sp³-hybridized carbons (Fsp3) is 0.292. The van der Waals surface area contributed by atoms with Crippen molar-refractivity contribution in [1.29, 1.82) is 0 Å². The molecule has 152 valence electrons. The van der Waals surface area contributed by atoms with E-state index in [-0.39, 0.29) is 11.7 Å². The van der Waals surface area contributed by atoms with Crippen LogP contribution in [0.3, 0.4) is 0 Å². The molecule has 4 aromatic rings. The molecule has 6 heteroatoms. The van der Waals surface area contributed by atoms with E-state index < -0.39 is 0 Å². The van der Waals surface area contributed by atoms with E-state index in [0.29, 0.717) is 35.5 Å². The zero-order valence-corrected chi connectivity index (χ0v) is 17.1. The van der Waals surface area contributed by atoms with Crippen LogP contribution in [0.5, 0.6) is 0 Å². The largest absolute Gasteiger partial charge is 0.342 e. The molecular formula is C24H23FN4O. The quantitative estimate of drug-likeness (QED) is 0.519. The highest BCUT2D eigenvalue weighted by atomic mass is 19.1. The van der Waals surface area contributed by atoms with Gasteiger partial charge in [-0.15, -0.1) is 0 Å². The molecule has 0 atom stereocenters. The number of likely N-dealkylation sites (tertiary alicyclic amines) is 1. The Labute approximate surface area is 174 Å². The molecule has 5 nitrogen and oxygen atoms in total. The third-order valence-corrected chi connectivity index (χ3v) is 5.95. The molecule has 2 aromatic heterocycles. The van der Waals surface area contributed by atoms with E-state index in [2.05, 4.69) is 29.0 Å². The van der Waals surface area contributed by atoms with Crippen LogP contribution in [0.4, 0.5) is 4.39 Å². The second kappa shape index (κ2) is 7.20. The molecule has 3 heterocycles. The Balaban J connectivity index is 1.37. The Morgan fingerprint density at radius 1 is 1.03 bits per heavy atom. The summed E-state index contributed by atoms with van der Waals surface area (Å²) in [6.45, 7) is 5.23. The molecule has 1 aliphatic heterocycles. The summed E-state index contributed by atoms with van der Waals surface area (Å²) in [6.07, 6.45) is 1.70. The van der Waals surface area contributed by atoms with Gasteiger partial charge in [0.15, 0.2) is 0 Å². The summed E-state index contributed by atoms with van der Waals surface area (Å²) in [6, 6.07) is 12.4. The van der Waals surface area contributed by atoms with E-state index in [1.807, 2.05) is 17.9 Å². The lowest BCUT2D eigenvalue weighted by Crippen LogP contribution is -2.38. The van der Waals surface area contributed by atoms with E-state index in [1.165, 1.54) is 17.7 Å². The molecule has 0 spiro atoms. The van der Waals surface area contributed by atoms with Crippen molar-refractivity contribution in [2.24, 2.45) is 0 Å². The molecule has 5 rings (SSSR count). The number of carbonyl (C=O) groups excluding carboxylic acids is 1. The van der Waals surface area contributed by atoms with Crippen molar-refractivity contribution in [3.63, 3.8) is 0 Å². The van der Waals surface area contributed by atoms with Crippen LogP contribution < -0.4 is 0 Å². The van der Waals surface area contributed by atoms with Gasteiger partial charge in [-0.25, -0.2) is 9.37 Å². The van der Waals surface area contributed by atoms with Crippen molar-refractivity contribution in [2.45, 2.75) is 32.6 Å². The monoisotopic (exact) mass is 402 g/mol. The standard InChI is InChI=1S/C24H23FN4O/c1-14-3-5-21-22(11-14)28-23(27-21)16-7-9-29(10-8-16)24(30)19-12-15(2)26-20-6-4-17(25)13-18(19)20/h3-6,11-13,16H,7-10H2,1-2H3,(H,27,28). The SMILES string of the molecule is Cc1ccc2nc(C3CCN(C(=O)c4cc(C)nc5ccc(F)cc45)CC3)[nH]c2c1. The zero-order chi connectivity index (χ0) is 20.8. The van der Waals surface area contributed by atoms with E-state index in [1.54, 1.807) is 12.1 Å². The van der Waals surface area contributed by atoms with Crippen LogP contribution in [0.15, 0.2) is 42.5 Å². The number of amides is 1. The Bertz CT molecular complexity index is 1270. The Hall–Kier alpha value is -3.28. The number of nitrogens with one attached hydrogen (secondary N) is 1. The average molecular weight is 402 g/mol. The van der Waals surface area contributed by atoms with Gasteiger partial charge in [-0.05, 0) is 68.7 Å². The molecule has 30 heavy (non-hydrogen) atoms. The average Bonchev–Trinajstić information content (AvgIpc) is 3.16. The van der Waals surface area contributed by atoms with Crippen LogP contribution in [-0.4, -0.2) is 38.8 Å². The summed E-state index contributed by atoms with van der Waals surface area (Å²) in [4.78, 5) is 27.8. The third kappa shape index (κ3) is 3.32. The number of piperidine rings is 1. The number of hydrogen-bond donors (Lipinski definition) is 1. The number of aromatic amines is 1. The minimum absolute atomic E-state index is 0.0604. The van der Waals surface area contributed by atoms with Gasteiger partial charge in [-0.3, -0.25) is 9.78 Å². The number of pyridine rings is 1. The molecule has 1 aliphatic rings. The van der Waals surface area contributed by atoms with Crippen molar-refractivity contribution in [2.75, 3.05) is 13.1 Å². The molecule has 0 saturated carbocycles. The topological polar surface area (TPSA) is 61.9 Å². The molecule has 1 amide bonds. The molecule has 0 unspecified atom stereocenters. The molecular weight excluding hydrogens is 379 g/mol. The predicted molar refractivity (Wildman–Crippen MR) is 115 cm³/mol. The molecule has 0 radical (unpaired) electrons. The number of aryl methyl sites for hydroxylation is 2. The van der Waals surface area contributed by atoms with Gasteiger partial charge in [0, 0.05) is 30.1 Å². The lowest BCUT2D eigenvalue weighted by Gasteiger charge is -2.31. The number of rotatable bonds is 2. The maximum absolute atomic E-state index is 13.8. The highest BCUT2D eigenvalue weighted by molar-refractivity contribution is 6.06. The van der Waals surface area contributed by atoms with Gasteiger partial charge < -0.3 is 9.88 Å². The molecule has 1 N–H and O–H groups in total. The molecule has 0 aliphatic carbocycles. The van der Waals surface area contributed by atoms with Gasteiger partial charge in [0.25, 0.3) is 5.91 Å². The number of hydrogen-bond acceptors (Lipinski definition) is 3. The third-order valence-electron chi connectivity index (χ3n) is 5.95. The first kappa shape index (κ1) is 18.7. The number of fused-ring (bicyclic) bond motifs is 2. The predicted octanol–water partition coefficient (Wildman–Crippen LogP) is 4.89. The fourth-order valence-electron chi connectivity index (χ4n) is 4.37. The van der Waals surface area contributed by atoms with Crippen molar-refractivity contribution < 1.29 is 9.18 Å². The normalized spacial score (nSPS) is 15.2. The van der Waals surface area contributed by atoms with Gasteiger partial charge in [-0.2, -0.15) is 0 Å². The zero-order valence-electron chi connectivity index (χ0n) is 17.1. The van der Waals surface area contributed by atoms with Crippen LogP contribution in [-0.2, 0) is 0 Å². The molecule has 1 saturated heterocycles. The maximum Gasteiger partial charge on any atom is 0.254 e. The van der Waals surface area contributed by atoms with Crippen molar-refractivity contribution in [3.05, 3.63) is 70.9 Å². The smallest absolute Gasteiger partial charge is 0.254 e. The number of aromatic nitrogens is 3. The van der Waals surface area contributed by atoms with Crippen molar-refractivity contribution >= 4 is 27.8 Å². The van der Waals surface area contributed by atoms with Gasteiger partial charge in [0.1, 0.15) is 11.6 Å². The minimum Gasteiger partial charge on any atom is -0.342 e. The van der Waals surface area contributed by atoms with Crippen LogP contribution in [0.1, 0.15) is 46.2 Å².